The Labute approximate surface area is 132 Å². The highest BCUT2D eigenvalue weighted by atomic mass is 16.5. The summed E-state index contributed by atoms with van der Waals surface area (Å²) < 4.78 is 6.22. The molecule has 22 heavy (non-hydrogen) atoms. The molecule has 4 nitrogen and oxygen atoms in total. The van der Waals surface area contributed by atoms with Gasteiger partial charge in [-0.1, -0.05) is 43.7 Å². The van der Waals surface area contributed by atoms with E-state index in [1.807, 2.05) is 18.2 Å². The van der Waals surface area contributed by atoms with Crippen LogP contribution in [0.15, 0.2) is 30.3 Å². The first-order chi connectivity index (χ1) is 10.8. The lowest BCUT2D eigenvalue weighted by molar-refractivity contribution is 0.00630. The fourth-order valence-electron chi connectivity index (χ4n) is 3.13. The van der Waals surface area contributed by atoms with E-state index in [1.165, 1.54) is 19.3 Å². The van der Waals surface area contributed by atoms with E-state index in [9.17, 15) is 0 Å². The Morgan fingerprint density at radius 3 is 2.59 bits per heavy atom. The summed E-state index contributed by atoms with van der Waals surface area (Å²) in [5, 5.41) is 7.53. The standard InChI is InChI=1S/C18H25N3O/c1-3-16(21-12-8-5-9-13-21)22-18-14(2)17(19-20-18)15-10-6-4-7-11-15/h4,6-7,10-11,16H,3,5,8-9,12-13H2,1-2H3,(H,19,20). The number of aromatic amines is 1. The van der Waals surface area contributed by atoms with E-state index in [0.29, 0.717) is 0 Å². The zero-order chi connectivity index (χ0) is 15.4. The number of rotatable bonds is 5. The minimum atomic E-state index is 0.130. The number of benzene rings is 1. The van der Waals surface area contributed by atoms with Gasteiger partial charge in [-0.3, -0.25) is 10.00 Å². The van der Waals surface area contributed by atoms with Crippen molar-refractivity contribution in [3.05, 3.63) is 35.9 Å². The Morgan fingerprint density at radius 2 is 1.91 bits per heavy atom. The summed E-state index contributed by atoms with van der Waals surface area (Å²) in [7, 11) is 0. The Bertz CT molecular complexity index is 588. The van der Waals surface area contributed by atoms with Gasteiger partial charge in [0.25, 0.3) is 0 Å². The molecule has 0 spiro atoms. The summed E-state index contributed by atoms with van der Waals surface area (Å²) >= 11 is 0. The van der Waals surface area contributed by atoms with E-state index >= 15 is 0 Å². The number of nitrogens with zero attached hydrogens (tertiary/aromatic N) is 2. The van der Waals surface area contributed by atoms with Crippen LogP contribution in [0, 0.1) is 6.92 Å². The molecule has 1 aromatic heterocycles. The van der Waals surface area contributed by atoms with Gasteiger partial charge in [-0.05, 0) is 31.7 Å². The molecule has 2 heterocycles. The molecule has 2 aromatic rings. The van der Waals surface area contributed by atoms with Crippen LogP contribution in [0.5, 0.6) is 5.88 Å². The molecule has 1 aliphatic heterocycles. The molecule has 0 saturated carbocycles. The largest absolute Gasteiger partial charge is 0.457 e. The van der Waals surface area contributed by atoms with E-state index in [-0.39, 0.29) is 6.23 Å². The molecule has 0 radical (unpaired) electrons. The van der Waals surface area contributed by atoms with Crippen molar-refractivity contribution < 1.29 is 4.74 Å². The van der Waals surface area contributed by atoms with E-state index < -0.39 is 0 Å². The van der Waals surface area contributed by atoms with E-state index in [4.69, 9.17) is 4.74 Å². The lowest BCUT2D eigenvalue weighted by Gasteiger charge is -2.33. The summed E-state index contributed by atoms with van der Waals surface area (Å²) in [5.41, 5.74) is 3.28. The van der Waals surface area contributed by atoms with Crippen LogP contribution < -0.4 is 4.74 Å². The maximum absolute atomic E-state index is 6.22. The molecule has 0 bridgehead atoms. The minimum Gasteiger partial charge on any atom is -0.457 e. The van der Waals surface area contributed by atoms with Gasteiger partial charge in [-0.15, -0.1) is 5.10 Å². The molecule has 1 aromatic carbocycles. The van der Waals surface area contributed by atoms with E-state index in [0.717, 1.165) is 42.2 Å². The first kappa shape index (κ1) is 15.1. The van der Waals surface area contributed by atoms with Gasteiger partial charge in [0.1, 0.15) is 0 Å². The van der Waals surface area contributed by atoms with Crippen LogP contribution in [-0.4, -0.2) is 34.4 Å². The third-order valence-electron chi connectivity index (χ3n) is 4.42. The maximum atomic E-state index is 6.22. The highest BCUT2D eigenvalue weighted by Gasteiger charge is 2.23. The molecule has 118 valence electrons. The Hall–Kier alpha value is -1.81. The second-order valence-electron chi connectivity index (χ2n) is 5.97. The Balaban J connectivity index is 1.76. The smallest absolute Gasteiger partial charge is 0.237 e. The van der Waals surface area contributed by atoms with Crippen molar-refractivity contribution in [2.24, 2.45) is 0 Å². The van der Waals surface area contributed by atoms with Crippen molar-refractivity contribution >= 4 is 0 Å². The number of aromatic nitrogens is 2. The van der Waals surface area contributed by atoms with Gasteiger partial charge in [0, 0.05) is 18.7 Å². The van der Waals surface area contributed by atoms with Crippen LogP contribution in [0.3, 0.4) is 0 Å². The maximum Gasteiger partial charge on any atom is 0.237 e. The first-order valence-electron chi connectivity index (χ1n) is 8.30. The predicted molar refractivity (Wildman–Crippen MR) is 88.9 cm³/mol. The first-order valence-corrected chi connectivity index (χ1v) is 8.30. The molecule has 1 saturated heterocycles. The molecule has 1 atom stereocenters. The third kappa shape index (κ3) is 3.17. The topological polar surface area (TPSA) is 41.1 Å². The molecule has 3 rings (SSSR count). The Kier molecular flexibility index (Phi) is 4.78. The van der Waals surface area contributed by atoms with Gasteiger partial charge in [-0.2, -0.15) is 0 Å². The van der Waals surface area contributed by atoms with Gasteiger partial charge in [0.2, 0.25) is 5.88 Å². The minimum absolute atomic E-state index is 0.130. The van der Waals surface area contributed by atoms with Gasteiger partial charge in [0.05, 0.1) is 5.69 Å². The summed E-state index contributed by atoms with van der Waals surface area (Å²) in [6.45, 7) is 6.52. The van der Waals surface area contributed by atoms with Crippen LogP contribution in [0.25, 0.3) is 11.3 Å². The van der Waals surface area contributed by atoms with Crippen LogP contribution in [-0.2, 0) is 0 Å². The lowest BCUT2D eigenvalue weighted by atomic mass is 10.1. The average Bonchev–Trinajstić information content (AvgIpc) is 2.95. The average molecular weight is 299 g/mol. The predicted octanol–water partition coefficient (Wildman–Crippen LogP) is 3.99. The monoisotopic (exact) mass is 299 g/mol. The van der Waals surface area contributed by atoms with Crippen molar-refractivity contribution in [1.82, 2.24) is 15.1 Å². The van der Waals surface area contributed by atoms with Gasteiger partial charge >= 0.3 is 0 Å². The molecule has 1 aliphatic rings. The van der Waals surface area contributed by atoms with Gasteiger partial charge < -0.3 is 4.74 Å². The van der Waals surface area contributed by atoms with Gasteiger partial charge in [-0.25, -0.2) is 0 Å². The van der Waals surface area contributed by atoms with Crippen LogP contribution in [0.4, 0.5) is 0 Å². The molecule has 0 amide bonds. The molecule has 1 fully saturated rings. The van der Waals surface area contributed by atoms with Crippen molar-refractivity contribution in [2.75, 3.05) is 13.1 Å². The number of nitrogens with one attached hydrogen (secondary N) is 1. The summed E-state index contributed by atoms with van der Waals surface area (Å²) in [5.74, 6) is 0.733. The summed E-state index contributed by atoms with van der Waals surface area (Å²) in [4.78, 5) is 2.44. The van der Waals surface area contributed by atoms with Crippen molar-refractivity contribution in [3.8, 4) is 17.1 Å². The fourth-order valence-corrected chi connectivity index (χ4v) is 3.13. The van der Waals surface area contributed by atoms with E-state index in [1.54, 1.807) is 0 Å². The van der Waals surface area contributed by atoms with Crippen molar-refractivity contribution in [2.45, 2.75) is 45.8 Å². The zero-order valence-corrected chi connectivity index (χ0v) is 13.5. The number of piperidine rings is 1. The number of hydrogen-bond donors (Lipinski definition) is 1. The molecule has 0 aliphatic carbocycles. The van der Waals surface area contributed by atoms with Crippen LogP contribution in [0.2, 0.25) is 0 Å². The van der Waals surface area contributed by atoms with Gasteiger partial charge in [0.15, 0.2) is 6.23 Å². The SMILES string of the molecule is CCC(Oc1n[nH]c(-c2ccccc2)c1C)N1CCCCC1. The second kappa shape index (κ2) is 6.97. The number of H-pyrrole nitrogens is 1. The number of hydrogen-bond acceptors (Lipinski definition) is 3. The number of ether oxygens (including phenoxy) is 1. The van der Waals surface area contributed by atoms with Crippen LogP contribution in [0.1, 0.15) is 38.2 Å². The number of likely N-dealkylation sites (tertiary alicyclic amines) is 1. The normalized spacial score (nSPS) is 17.4. The second-order valence-corrected chi connectivity index (χ2v) is 5.97. The van der Waals surface area contributed by atoms with E-state index in [2.05, 4.69) is 41.1 Å². The Morgan fingerprint density at radius 1 is 1.18 bits per heavy atom. The summed E-state index contributed by atoms with van der Waals surface area (Å²) in [6.07, 6.45) is 4.99. The molecular formula is C18H25N3O. The molecule has 4 heteroatoms. The van der Waals surface area contributed by atoms with Crippen LogP contribution >= 0.6 is 0 Å². The van der Waals surface area contributed by atoms with Crippen molar-refractivity contribution in [3.63, 3.8) is 0 Å². The zero-order valence-electron chi connectivity index (χ0n) is 13.5. The highest BCUT2D eigenvalue weighted by molar-refractivity contribution is 5.64. The molecular weight excluding hydrogens is 274 g/mol. The van der Waals surface area contributed by atoms with Crippen molar-refractivity contribution in [1.29, 1.82) is 0 Å². The third-order valence-corrected chi connectivity index (χ3v) is 4.42. The summed E-state index contributed by atoms with van der Waals surface area (Å²) in [6, 6.07) is 10.3. The quantitative estimate of drug-likeness (QED) is 0.907. The molecule has 1 N–H and O–H groups in total. The fraction of sp³-hybridized carbons (Fsp3) is 0.500. The lowest BCUT2D eigenvalue weighted by Crippen LogP contribution is -2.42. The molecule has 1 unspecified atom stereocenters. The highest BCUT2D eigenvalue weighted by Crippen LogP contribution is 2.28.